The number of amides is 2. The van der Waals surface area contributed by atoms with E-state index in [-0.39, 0.29) is 0 Å². The van der Waals surface area contributed by atoms with Crippen molar-refractivity contribution >= 4 is 11.8 Å². The quantitative estimate of drug-likeness (QED) is 0.0950. The van der Waals surface area contributed by atoms with E-state index >= 15 is 0 Å². The Morgan fingerprint density at radius 2 is 1.20 bits per heavy atom. The van der Waals surface area contributed by atoms with Crippen LogP contribution < -0.4 is 10.6 Å². The fourth-order valence-corrected chi connectivity index (χ4v) is 4.37. The summed E-state index contributed by atoms with van der Waals surface area (Å²) in [4.78, 5) is 23.2. The van der Waals surface area contributed by atoms with Gasteiger partial charge in [-0.3, -0.25) is 9.59 Å². The topological polar surface area (TPSA) is 297 Å². The summed E-state index contributed by atoms with van der Waals surface area (Å²) >= 11 is 0. The van der Waals surface area contributed by atoms with Crippen LogP contribution in [0.25, 0.3) is 0 Å². The molecule has 18 nitrogen and oxygen atoms in total. The minimum atomic E-state index is -2.06. The van der Waals surface area contributed by atoms with Crippen LogP contribution in [0.4, 0.5) is 0 Å². The highest BCUT2D eigenvalue weighted by atomic mass is 16.7. The Balaban J connectivity index is 2.19. The zero-order valence-electron chi connectivity index (χ0n) is 21.8. The van der Waals surface area contributed by atoms with Crippen LogP contribution in [0.2, 0.25) is 0 Å². The normalized spacial score (nSPS) is 37.7. The molecular weight excluding hydrogens is 548 g/mol. The zero-order chi connectivity index (χ0) is 30.3. The lowest BCUT2D eigenvalue weighted by Crippen LogP contribution is -2.66. The third-order valence-corrected chi connectivity index (χ3v) is 6.52. The lowest BCUT2D eigenvalue weighted by atomic mass is 9.96. The standard InChI is InChI=1S/C22H40N2O16/c1-7(28)23-13-18(35)16(33)11(4-26)38-21(13)37-6-10(31)15(32)20(9(30)3-25)40-22-14(24-8(2)29)19(36)17(34)12(5-27)39-22/h9-22,25-27,30-36H,3-6H2,1-2H3,(H,23,28)(H,24,29)/t9-,10+,11+,12+,13+,14+,15-,16+,17+,18+,19+,20+,21+,22-/m0/s1. The average Bonchev–Trinajstić information content (AvgIpc) is 2.91. The van der Waals surface area contributed by atoms with Crippen LogP contribution >= 0.6 is 0 Å². The molecule has 2 fully saturated rings. The predicted molar refractivity (Wildman–Crippen MR) is 127 cm³/mol. The summed E-state index contributed by atoms with van der Waals surface area (Å²) < 4.78 is 21.7. The molecule has 0 aliphatic carbocycles. The van der Waals surface area contributed by atoms with Gasteiger partial charge in [-0.15, -0.1) is 0 Å². The van der Waals surface area contributed by atoms with Crippen LogP contribution in [-0.2, 0) is 28.5 Å². The van der Waals surface area contributed by atoms with Crippen LogP contribution in [-0.4, -0.2) is 175 Å². The van der Waals surface area contributed by atoms with Crippen LogP contribution in [0, 0.1) is 0 Å². The van der Waals surface area contributed by atoms with E-state index in [1.54, 1.807) is 0 Å². The highest BCUT2D eigenvalue weighted by Gasteiger charge is 2.49. The van der Waals surface area contributed by atoms with E-state index in [1.165, 1.54) is 0 Å². The number of nitrogens with one attached hydrogen (secondary N) is 2. The lowest BCUT2D eigenvalue weighted by Gasteiger charge is -2.44. The number of aliphatic hydroxyl groups excluding tert-OH is 10. The van der Waals surface area contributed by atoms with E-state index in [2.05, 4.69) is 10.6 Å². The van der Waals surface area contributed by atoms with Crippen molar-refractivity contribution in [2.45, 2.75) is 99.6 Å². The first-order chi connectivity index (χ1) is 18.8. The summed E-state index contributed by atoms with van der Waals surface area (Å²) in [5.74, 6) is -1.32. The van der Waals surface area contributed by atoms with Crippen molar-refractivity contribution in [3.63, 3.8) is 0 Å². The number of rotatable bonds is 13. The smallest absolute Gasteiger partial charge is 0.217 e. The van der Waals surface area contributed by atoms with Gasteiger partial charge in [0.05, 0.1) is 26.4 Å². The predicted octanol–water partition coefficient (Wildman–Crippen LogP) is -7.65. The van der Waals surface area contributed by atoms with Gasteiger partial charge in [0.15, 0.2) is 12.6 Å². The molecule has 0 aromatic carbocycles. The van der Waals surface area contributed by atoms with Crippen LogP contribution in [0.3, 0.4) is 0 Å². The second-order valence-electron chi connectivity index (χ2n) is 9.61. The highest BCUT2D eigenvalue weighted by molar-refractivity contribution is 5.73. The van der Waals surface area contributed by atoms with E-state index in [0.29, 0.717) is 0 Å². The van der Waals surface area contributed by atoms with Gasteiger partial charge in [0.25, 0.3) is 0 Å². The molecule has 14 atom stereocenters. The van der Waals surface area contributed by atoms with Crippen molar-refractivity contribution in [2.75, 3.05) is 26.4 Å². The van der Waals surface area contributed by atoms with Crippen LogP contribution in [0.1, 0.15) is 13.8 Å². The molecule has 2 aliphatic heterocycles. The molecule has 0 spiro atoms. The first-order valence-electron chi connectivity index (χ1n) is 12.5. The van der Waals surface area contributed by atoms with Gasteiger partial charge in [0, 0.05) is 13.8 Å². The van der Waals surface area contributed by atoms with Crippen molar-refractivity contribution in [2.24, 2.45) is 0 Å². The third-order valence-electron chi connectivity index (χ3n) is 6.52. The van der Waals surface area contributed by atoms with Gasteiger partial charge in [-0.05, 0) is 0 Å². The number of carbonyl (C=O) groups is 2. The SMILES string of the molecule is CC(=O)N[C@H]1[C@H](OC[C@@H](O)[C@H](O)[C@H](O[C@@H]2O[C@H](CO)[C@@H](O)[C@H](O)[C@H]2NC(C)=O)[C@@H](O)CO)O[C@H](CO)[C@@H](O)[C@@H]1O. The van der Waals surface area contributed by atoms with Crippen molar-refractivity contribution in [1.29, 1.82) is 0 Å². The number of hydrogen-bond acceptors (Lipinski definition) is 16. The Kier molecular flexibility index (Phi) is 13.5. The van der Waals surface area contributed by atoms with E-state index < -0.39 is 124 Å². The monoisotopic (exact) mass is 588 g/mol. The molecule has 2 saturated heterocycles. The Hall–Kier alpha value is -1.62. The molecule has 12 N–H and O–H groups in total. The number of ether oxygens (including phenoxy) is 4. The van der Waals surface area contributed by atoms with Gasteiger partial charge in [-0.25, -0.2) is 0 Å². The molecule has 0 aromatic heterocycles. The van der Waals surface area contributed by atoms with Crippen LogP contribution in [0.5, 0.6) is 0 Å². The summed E-state index contributed by atoms with van der Waals surface area (Å²) in [5.41, 5.74) is 0. The molecule has 2 rings (SSSR count). The van der Waals surface area contributed by atoms with Gasteiger partial charge in [0.1, 0.15) is 73.1 Å². The molecule has 234 valence electrons. The maximum Gasteiger partial charge on any atom is 0.217 e. The Morgan fingerprint density at radius 1 is 0.750 bits per heavy atom. The lowest BCUT2D eigenvalue weighted by molar-refractivity contribution is -0.306. The summed E-state index contributed by atoms with van der Waals surface area (Å²) in [6.07, 6.45) is -20.3. The summed E-state index contributed by atoms with van der Waals surface area (Å²) in [5, 5.41) is 106. The summed E-state index contributed by atoms with van der Waals surface area (Å²) in [7, 11) is 0. The fraction of sp³-hybridized carbons (Fsp3) is 0.909. The number of aliphatic hydroxyl groups is 10. The molecule has 0 radical (unpaired) electrons. The number of carbonyl (C=O) groups excluding carboxylic acids is 2. The first kappa shape index (κ1) is 34.6. The molecule has 2 aliphatic rings. The maximum absolute atomic E-state index is 11.6. The average molecular weight is 589 g/mol. The molecule has 2 amide bonds. The van der Waals surface area contributed by atoms with E-state index in [9.17, 15) is 60.7 Å². The zero-order valence-corrected chi connectivity index (χ0v) is 21.8. The largest absolute Gasteiger partial charge is 0.394 e. The van der Waals surface area contributed by atoms with Gasteiger partial charge < -0.3 is 80.6 Å². The minimum absolute atomic E-state index is 0.634. The molecule has 2 heterocycles. The second kappa shape index (κ2) is 15.6. The maximum atomic E-state index is 11.6. The molecule has 0 bridgehead atoms. The fourth-order valence-electron chi connectivity index (χ4n) is 4.37. The molecule has 18 heteroatoms. The summed E-state index contributed by atoms with van der Waals surface area (Å²) in [6, 6.07) is -2.83. The van der Waals surface area contributed by atoms with Crippen LogP contribution in [0.15, 0.2) is 0 Å². The molecule has 40 heavy (non-hydrogen) atoms. The van der Waals surface area contributed by atoms with E-state index in [0.717, 1.165) is 13.8 Å². The summed E-state index contributed by atoms with van der Waals surface area (Å²) in [6.45, 7) is -1.13. The van der Waals surface area contributed by atoms with Gasteiger partial charge in [0.2, 0.25) is 11.8 Å². The molecule has 0 unspecified atom stereocenters. The molecule has 0 aromatic rings. The van der Waals surface area contributed by atoms with Crippen molar-refractivity contribution in [1.82, 2.24) is 10.6 Å². The van der Waals surface area contributed by atoms with Gasteiger partial charge in [-0.2, -0.15) is 0 Å². The van der Waals surface area contributed by atoms with E-state index in [4.69, 9.17) is 18.9 Å². The second-order valence-corrected chi connectivity index (χ2v) is 9.61. The molecule has 0 saturated carbocycles. The number of hydrogen-bond donors (Lipinski definition) is 12. The van der Waals surface area contributed by atoms with E-state index in [1.807, 2.05) is 0 Å². The van der Waals surface area contributed by atoms with Crippen molar-refractivity contribution < 1.29 is 79.6 Å². The Bertz CT molecular complexity index is 809. The minimum Gasteiger partial charge on any atom is -0.394 e. The van der Waals surface area contributed by atoms with Gasteiger partial charge in [-0.1, -0.05) is 0 Å². The highest BCUT2D eigenvalue weighted by Crippen LogP contribution is 2.26. The van der Waals surface area contributed by atoms with Crippen molar-refractivity contribution in [3.8, 4) is 0 Å². The first-order valence-corrected chi connectivity index (χ1v) is 12.5. The Morgan fingerprint density at radius 3 is 1.62 bits per heavy atom. The Labute approximate surface area is 228 Å². The van der Waals surface area contributed by atoms with Gasteiger partial charge >= 0.3 is 0 Å². The van der Waals surface area contributed by atoms with Crippen molar-refractivity contribution in [3.05, 3.63) is 0 Å². The third kappa shape index (κ3) is 8.46. The molecular formula is C22H40N2O16.